The Kier molecular flexibility index (Phi) is 7.01. The number of aryl methyl sites for hydroxylation is 2. The van der Waals surface area contributed by atoms with Crippen LogP contribution in [0.4, 0.5) is 30.1 Å². The molecule has 1 N–H and O–H groups in total. The number of nitrogens with one attached hydrogen (secondary N) is 1. The molecule has 0 unspecified atom stereocenters. The van der Waals surface area contributed by atoms with Crippen LogP contribution in [0.5, 0.6) is 0 Å². The van der Waals surface area contributed by atoms with Gasteiger partial charge in [0.2, 0.25) is 5.95 Å². The average Bonchev–Trinajstić information content (AvgIpc) is 3.48. The number of piperazine rings is 1. The first kappa shape index (κ1) is 26.9. The van der Waals surface area contributed by atoms with E-state index in [9.17, 15) is 18.0 Å². The maximum atomic E-state index is 13.2. The number of thiazole rings is 2. The normalized spacial score (nSPS) is 15.5. The van der Waals surface area contributed by atoms with Crippen LogP contribution in [0.25, 0.3) is 10.6 Å². The van der Waals surface area contributed by atoms with E-state index in [2.05, 4.69) is 30.2 Å². The first-order chi connectivity index (χ1) is 18.4. The van der Waals surface area contributed by atoms with E-state index in [1.54, 1.807) is 28.4 Å². The third kappa shape index (κ3) is 5.71. The summed E-state index contributed by atoms with van der Waals surface area (Å²) in [6.07, 6.45) is -1.41. The molecule has 1 aliphatic heterocycles. The van der Waals surface area contributed by atoms with E-state index >= 15 is 0 Å². The monoisotopic (exact) mass is 574 g/mol. The van der Waals surface area contributed by atoms with E-state index in [0.717, 1.165) is 33.7 Å². The van der Waals surface area contributed by atoms with Gasteiger partial charge in [-0.25, -0.2) is 24.9 Å². The standard InChI is InChI=1S/C25H25F3N8OS2/c1-14-20(39-15(2)32-14)18-12-38-23(33-18)34-19-6-5-16(9-29-19)21(37)35-7-8-36(24(3,4)13-35)22-30-10-17(11-31-22)25(26,27)28/h5-6,9-12H,7-8,13H2,1-4H3,(H,29,33,34). The van der Waals surface area contributed by atoms with Gasteiger partial charge in [-0.3, -0.25) is 4.79 Å². The van der Waals surface area contributed by atoms with Crippen LogP contribution in [0.1, 0.15) is 40.5 Å². The Morgan fingerprint density at radius 2 is 1.79 bits per heavy atom. The number of rotatable bonds is 5. The molecule has 0 bridgehead atoms. The lowest BCUT2D eigenvalue weighted by atomic mass is 9.98. The van der Waals surface area contributed by atoms with Gasteiger partial charge < -0.3 is 15.1 Å². The summed E-state index contributed by atoms with van der Waals surface area (Å²) in [5, 5.41) is 6.83. The van der Waals surface area contributed by atoms with Gasteiger partial charge in [0.25, 0.3) is 5.91 Å². The first-order valence-corrected chi connectivity index (χ1v) is 13.7. The van der Waals surface area contributed by atoms with Crippen LogP contribution in [-0.2, 0) is 6.18 Å². The molecule has 1 saturated heterocycles. The van der Waals surface area contributed by atoms with Crippen LogP contribution in [0, 0.1) is 13.8 Å². The van der Waals surface area contributed by atoms with E-state index in [1.165, 1.54) is 17.5 Å². The quantitative estimate of drug-likeness (QED) is 0.330. The van der Waals surface area contributed by atoms with Crippen molar-refractivity contribution in [2.45, 2.75) is 39.4 Å². The van der Waals surface area contributed by atoms with Crippen LogP contribution in [0.15, 0.2) is 36.1 Å². The molecule has 9 nitrogen and oxygen atoms in total. The molecule has 1 fully saturated rings. The summed E-state index contributed by atoms with van der Waals surface area (Å²) >= 11 is 3.06. The maximum Gasteiger partial charge on any atom is 0.419 e. The van der Waals surface area contributed by atoms with E-state index in [4.69, 9.17) is 0 Å². The van der Waals surface area contributed by atoms with Gasteiger partial charge in [0.15, 0.2) is 5.13 Å². The zero-order valence-corrected chi connectivity index (χ0v) is 23.2. The number of anilines is 3. The number of hydrogen-bond acceptors (Lipinski definition) is 10. The van der Waals surface area contributed by atoms with Crippen molar-refractivity contribution in [2.24, 2.45) is 0 Å². The third-order valence-electron chi connectivity index (χ3n) is 6.28. The summed E-state index contributed by atoms with van der Waals surface area (Å²) in [5.74, 6) is 0.583. The van der Waals surface area contributed by atoms with Crippen LogP contribution in [0.2, 0.25) is 0 Å². The predicted octanol–water partition coefficient (Wildman–Crippen LogP) is 5.57. The molecule has 0 atom stereocenters. The first-order valence-electron chi connectivity index (χ1n) is 12.0. The number of amides is 1. The summed E-state index contributed by atoms with van der Waals surface area (Å²) in [5.41, 5.74) is 0.752. The van der Waals surface area contributed by atoms with Crippen molar-refractivity contribution in [3.63, 3.8) is 0 Å². The number of nitrogens with zero attached hydrogens (tertiary/aromatic N) is 7. The molecule has 1 aliphatic rings. The van der Waals surface area contributed by atoms with Gasteiger partial charge in [-0.2, -0.15) is 13.2 Å². The van der Waals surface area contributed by atoms with Crippen molar-refractivity contribution in [1.29, 1.82) is 0 Å². The Balaban J connectivity index is 1.22. The number of alkyl halides is 3. The lowest BCUT2D eigenvalue weighted by Crippen LogP contribution is -2.61. The van der Waals surface area contributed by atoms with Crippen molar-refractivity contribution in [3.05, 3.63) is 57.9 Å². The summed E-state index contributed by atoms with van der Waals surface area (Å²) < 4.78 is 38.6. The molecule has 204 valence electrons. The van der Waals surface area contributed by atoms with Crippen LogP contribution >= 0.6 is 22.7 Å². The lowest BCUT2D eigenvalue weighted by Gasteiger charge is -2.47. The van der Waals surface area contributed by atoms with Crippen LogP contribution in [-0.4, -0.2) is 60.9 Å². The average molecular weight is 575 g/mol. The number of pyridine rings is 1. The third-order valence-corrected chi connectivity index (χ3v) is 8.14. The van der Waals surface area contributed by atoms with E-state index in [-0.39, 0.29) is 11.9 Å². The molecule has 0 spiro atoms. The Hall–Kier alpha value is -3.65. The van der Waals surface area contributed by atoms with E-state index in [1.807, 2.05) is 38.0 Å². The Bertz CT molecular complexity index is 1480. The number of halogens is 3. The Morgan fingerprint density at radius 3 is 2.38 bits per heavy atom. The van der Waals surface area contributed by atoms with E-state index in [0.29, 0.717) is 36.1 Å². The van der Waals surface area contributed by atoms with Crippen LogP contribution in [0.3, 0.4) is 0 Å². The lowest BCUT2D eigenvalue weighted by molar-refractivity contribution is -0.138. The number of carbonyl (C=O) groups is 1. The Morgan fingerprint density at radius 1 is 1.05 bits per heavy atom. The van der Waals surface area contributed by atoms with Gasteiger partial charge >= 0.3 is 6.18 Å². The van der Waals surface area contributed by atoms with Gasteiger partial charge in [0, 0.05) is 43.6 Å². The van der Waals surface area contributed by atoms with E-state index < -0.39 is 17.3 Å². The zero-order chi connectivity index (χ0) is 27.9. The van der Waals surface area contributed by atoms with Gasteiger partial charge in [-0.05, 0) is 39.8 Å². The smallest absolute Gasteiger partial charge is 0.334 e. The van der Waals surface area contributed by atoms with Crippen molar-refractivity contribution >= 4 is 45.5 Å². The fourth-order valence-corrected chi connectivity index (χ4v) is 6.06. The summed E-state index contributed by atoms with van der Waals surface area (Å²) in [6, 6.07) is 3.44. The molecule has 0 radical (unpaired) electrons. The van der Waals surface area contributed by atoms with Crippen molar-refractivity contribution in [3.8, 4) is 10.6 Å². The molecular formula is C25H25F3N8OS2. The number of hydrogen-bond donors (Lipinski definition) is 1. The minimum atomic E-state index is -4.50. The summed E-state index contributed by atoms with van der Waals surface area (Å²) in [6.45, 7) is 8.81. The fraction of sp³-hybridized carbons (Fsp3) is 0.360. The van der Waals surface area contributed by atoms with Gasteiger partial charge in [-0.1, -0.05) is 0 Å². The molecule has 4 aromatic rings. The van der Waals surface area contributed by atoms with Crippen molar-refractivity contribution in [2.75, 3.05) is 29.9 Å². The number of aromatic nitrogens is 5. The highest BCUT2D eigenvalue weighted by molar-refractivity contribution is 7.16. The second-order valence-corrected chi connectivity index (χ2v) is 11.8. The molecule has 39 heavy (non-hydrogen) atoms. The molecule has 1 amide bonds. The molecule has 5 heterocycles. The second kappa shape index (κ2) is 10.2. The minimum Gasteiger partial charge on any atom is -0.334 e. The SMILES string of the molecule is Cc1nc(C)c(-c2csc(Nc3ccc(C(=O)N4CCN(c5ncc(C(F)(F)F)cn5)C(C)(C)C4)cn3)n2)s1. The summed E-state index contributed by atoms with van der Waals surface area (Å²) in [4.78, 5) is 39.1. The molecule has 5 rings (SSSR count). The van der Waals surface area contributed by atoms with Crippen LogP contribution < -0.4 is 10.2 Å². The Labute approximate surface area is 230 Å². The second-order valence-electron chi connectivity index (χ2n) is 9.70. The highest BCUT2D eigenvalue weighted by atomic mass is 32.1. The predicted molar refractivity (Wildman–Crippen MR) is 145 cm³/mol. The van der Waals surface area contributed by atoms with Gasteiger partial charge in [-0.15, -0.1) is 22.7 Å². The molecule has 0 aliphatic carbocycles. The highest BCUT2D eigenvalue weighted by Gasteiger charge is 2.38. The fourth-order valence-electron chi connectivity index (χ4n) is 4.40. The molecule has 0 aromatic carbocycles. The highest BCUT2D eigenvalue weighted by Crippen LogP contribution is 2.33. The van der Waals surface area contributed by atoms with Crippen molar-refractivity contribution in [1.82, 2.24) is 29.8 Å². The van der Waals surface area contributed by atoms with Crippen molar-refractivity contribution < 1.29 is 18.0 Å². The largest absolute Gasteiger partial charge is 0.419 e. The van der Waals surface area contributed by atoms with Gasteiger partial charge in [0.1, 0.15) is 5.82 Å². The summed E-state index contributed by atoms with van der Waals surface area (Å²) in [7, 11) is 0. The zero-order valence-electron chi connectivity index (χ0n) is 21.6. The minimum absolute atomic E-state index is 0.178. The maximum absolute atomic E-state index is 13.2. The number of carbonyl (C=O) groups excluding carboxylic acids is 1. The molecular weight excluding hydrogens is 549 g/mol. The topological polar surface area (TPSA) is 100 Å². The molecule has 4 aromatic heterocycles. The molecule has 0 saturated carbocycles. The van der Waals surface area contributed by atoms with Gasteiger partial charge in [0.05, 0.1) is 37.9 Å². The molecule has 14 heteroatoms.